The molecule has 2 rings (SSSR count). The average molecular weight is 404 g/mol. The summed E-state index contributed by atoms with van der Waals surface area (Å²) in [5, 5.41) is 0. The minimum absolute atomic E-state index is 0.203. The Morgan fingerprint density at radius 2 is 1.65 bits per heavy atom. The third kappa shape index (κ3) is 3.57. The minimum atomic E-state index is -3.61. The number of anilines is 2. The second kappa shape index (κ2) is 5.92. The third-order valence-corrected chi connectivity index (χ3v) is 4.53. The molecule has 1 heterocycles. The highest BCUT2D eigenvalue weighted by atomic mass is 127. The molecule has 2 aromatic rings. The fourth-order valence-corrected chi connectivity index (χ4v) is 2.82. The van der Waals surface area contributed by atoms with E-state index in [1.165, 1.54) is 12.4 Å². The Morgan fingerprint density at radius 1 is 1.10 bits per heavy atom. The first-order chi connectivity index (χ1) is 9.38. The van der Waals surface area contributed by atoms with Crippen LogP contribution in [0, 0.1) is 3.57 Å². The van der Waals surface area contributed by atoms with Crippen molar-refractivity contribution in [1.29, 1.82) is 0 Å². The number of aromatic nitrogens is 2. The Kier molecular flexibility index (Phi) is 4.43. The van der Waals surface area contributed by atoms with Crippen LogP contribution in [0.2, 0.25) is 0 Å². The second-order valence-electron chi connectivity index (χ2n) is 4.23. The van der Waals surface area contributed by atoms with Crippen molar-refractivity contribution in [3.05, 3.63) is 40.2 Å². The lowest BCUT2D eigenvalue weighted by molar-refractivity contribution is 0.601. The number of benzene rings is 1. The molecule has 0 unspecified atom stereocenters. The van der Waals surface area contributed by atoms with E-state index in [0.29, 0.717) is 11.6 Å². The molecule has 0 saturated heterocycles. The zero-order valence-electron chi connectivity index (χ0n) is 10.9. The fourth-order valence-electron chi connectivity index (χ4n) is 1.43. The van der Waals surface area contributed by atoms with Gasteiger partial charge in [-0.1, -0.05) is 0 Å². The number of hydrogen-bond acceptors (Lipinski definition) is 5. The molecule has 0 aliphatic rings. The highest BCUT2D eigenvalue weighted by Gasteiger charge is 2.14. The highest BCUT2D eigenvalue weighted by Crippen LogP contribution is 2.16. The molecule has 0 aliphatic carbocycles. The summed E-state index contributed by atoms with van der Waals surface area (Å²) >= 11 is 2.12. The van der Waals surface area contributed by atoms with E-state index in [9.17, 15) is 8.42 Å². The van der Waals surface area contributed by atoms with E-state index in [0.717, 1.165) is 3.57 Å². The Hall–Kier alpha value is -1.42. The van der Waals surface area contributed by atoms with Gasteiger partial charge < -0.3 is 4.90 Å². The summed E-state index contributed by atoms with van der Waals surface area (Å²) in [5.74, 6) is 0.516. The van der Waals surface area contributed by atoms with E-state index >= 15 is 0 Å². The minimum Gasteiger partial charge on any atom is -0.347 e. The summed E-state index contributed by atoms with van der Waals surface area (Å²) in [7, 11) is 0.0104. The lowest BCUT2D eigenvalue weighted by Gasteiger charge is -2.11. The lowest BCUT2D eigenvalue weighted by Crippen LogP contribution is -2.15. The van der Waals surface area contributed by atoms with Crippen LogP contribution in [-0.2, 0) is 10.0 Å². The van der Waals surface area contributed by atoms with Gasteiger partial charge in [0.2, 0.25) is 5.95 Å². The van der Waals surface area contributed by atoms with Gasteiger partial charge in [0.05, 0.1) is 23.0 Å². The van der Waals surface area contributed by atoms with Gasteiger partial charge in [-0.15, -0.1) is 0 Å². The molecule has 106 valence electrons. The predicted octanol–water partition coefficient (Wildman–Crippen LogP) is 1.95. The number of hydrogen-bond donors (Lipinski definition) is 1. The average Bonchev–Trinajstić information content (AvgIpc) is 2.39. The van der Waals surface area contributed by atoms with Gasteiger partial charge in [-0.2, -0.15) is 0 Å². The number of sulfonamides is 1. The molecule has 0 bridgehead atoms. The summed E-state index contributed by atoms with van der Waals surface area (Å²) in [6, 6.07) is 6.58. The van der Waals surface area contributed by atoms with Crippen LogP contribution in [0.4, 0.5) is 11.6 Å². The molecule has 0 fully saturated rings. The van der Waals surface area contributed by atoms with Crippen LogP contribution in [0.1, 0.15) is 0 Å². The molecular weight excluding hydrogens is 391 g/mol. The second-order valence-corrected chi connectivity index (χ2v) is 7.15. The van der Waals surface area contributed by atoms with Crippen molar-refractivity contribution in [2.75, 3.05) is 23.7 Å². The van der Waals surface area contributed by atoms with Crippen molar-refractivity contribution >= 4 is 44.2 Å². The zero-order valence-corrected chi connectivity index (χ0v) is 13.9. The van der Waals surface area contributed by atoms with Gasteiger partial charge in [-0.3, -0.25) is 4.72 Å². The normalized spacial score (nSPS) is 11.2. The quantitative estimate of drug-likeness (QED) is 0.789. The Bertz CT molecular complexity index is 684. The SMILES string of the molecule is CN(C)c1ncc(NS(=O)(=O)c2ccc(I)cc2)cn1. The number of halogens is 1. The molecular formula is C12H13IN4O2S. The molecule has 6 nitrogen and oxygen atoms in total. The van der Waals surface area contributed by atoms with Gasteiger partial charge in [-0.25, -0.2) is 18.4 Å². The molecule has 0 amide bonds. The maximum absolute atomic E-state index is 12.2. The maximum atomic E-state index is 12.2. The van der Waals surface area contributed by atoms with Gasteiger partial charge in [0, 0.05) is 17.7 Å². The molecule has 1 N–H and O–H groups in total. The standard InChI is InChI=1S/C12H13IN4O2S/c1-17(2)12-14-7-10(8-15-12)16-20(18,19)11-5-3-9(13)4-6-11/h3-8,16H,1-2H3. The van der Waals surface area contributed by atoms with Crippen LogP contribution in [0.5, 0.6) is 0 Å². The van der Waals surface area contributed by atoms with Crippen molar-refractivity contribution in [2.24, 2.45) is 0 Å². The molecule has 0 aliphatic heterocycles. The van der Waals surface area contributed by atoms with Crippen LogP contribution >= 0.6 is 22.6 Å². The van der Waals surface area contributed by atoms with Crippen molar-refractivity contribution in [1.82, 2.24) is 9.97 Å². The Labute approximate surface area is 131 Å². The Balaban J connectivity index is 2.22. The topological polar surface area (TPSA) is 75.2 Å². The van der Waals surface area contributed by atoms with Crippen LogP contribution in [0.15, 0.2) is 41.6 Å². The van der Waals surface area contributed by atoms with Crippen LogP contribution in [0.3, 0.4) is 0 Å². The van der Waals surface area contributed by atoms with Gasteiger partial charge in [0.1, 0.15) is 0 Å². The van der Waals surface area contributed by atoms with Crippen molar-refractivity contribution in [3.8, 4) is 0 Å². The summed E-state index contributed by atoms with van der Waals surface area (Å²) in [6.07, 6.45) is 2.87. The van der Waals surface area contributed by atoms with E-state index < -0.39 is 10.0 Å². The van der Waals surface area contributed by atoms with Crippen LogP contribution < -0.4 is 9.62 Å². The first-order valence-electron chi connectivity index (χ1n) is 5.66. The van der Waals surface area contributed by atoms with E-state index in [4.69, 9.17) is 0 Å². The van der Waals surface area contributed by atoms with Crippen molar-refractivity contribution in [3.63, 3.8) is 0 Å². The summed E-state index contributed by atoms with van der Waals surface area (Å²) in [6.45, 7) is 0. The van der Waals surface area contributed by atoms with E-state index in [1.54, 1.807) is 29.2 Å². The molecule has 8 heteroatoms. The van der Waals surface area contributed by atoms with Crippen molar-refractivity contribution < 1.29 is 8.42 Å². The largest absolute Gasteiger partial charge is 0.347 e. The smallest absolute Gasteiger partial charge is 0.261 e. The van der Waals surface area contributed by atoms with Crippen LogP contribution in [0.25, 0.3) is 0 Å². The van der Waals surface area contributed by atoms with Gasteiger partial charge in [0.25, 0.3) is 10.0 Å². The van der Waals surface area contributed by atoms with Gasteiger partial charge >= 0.3 is 0 Å². The predicted molar refractivity (Wildman–Crippen MR) is 86.3 cm³/mol. The molecule has 0 radical (unpaired) electrons. The zero-order chi connectivity index (χ0) is 14.8. The summed E-state index contributed by atoms with van der Waals surface area (Å²) in [5.41, 5.74) is 0.328. The van der Waals surface area contributed by atoms with E-state index in [2.05, 4.69) is 37.3 Å². The van der Waals surface area contributed by atoms with Crippen LogP contribution in [-0.4, -0.2) is 32.5 Å². The number of rotatable bonds is 4. The number of nitrogens with zero attached hydrogens (tertiary/aromatic N) is 3. The van der Waals surface area contributed by atoms with E-state index in [1.807, 2.05) is 14.1 Å². The first kappa shape index (κ1) is 15.0. The van der Waals surface area contributed by atoms with Crippen molar-refractivity contribution in [2.45, 2.75) is 4.90 Å². The maximum Gasteiger partial charge on any atom is 0.261 e. The summed E-state index contributed by atoms with van der Waals surface area (Å²) < 4.78 is 27.7. The fraction of sp³-hybridized carbons (Fsp3) is 0.167. The molecule has 1 aromatic heterocycles. The summed E-state index contributed by atoms with van der Waals surface area (Å²) in [4.78, 5) is 10.1. The van der Waals surface area contributed by atoms with E-state index in [-0.39, 0.29) is 4.90 Å². The van der Waals surface area contributed by atoms with Gasteiger partial charge in [0.15, 0.2) is 0 Å². The molecule has 1 aromatic carbocycles. The third-order valence-electron chi connectivity index (χ3n) is 2.41. The number of nitrogens with one attached hydrogen (secondary N) is 1. The Morgan fingerprint density at radius 3 is 2.15 bits per heavy atom. The first-order valence-corrected chi connectivity index (χ1v) is 8.22. The molecule has 0 atom stereocenters. The highest BCUT2D eigenvalue weighted by molar-refractivity contribution is 14.1. The van der Waals surface area contributed by atoms with Gasteiger partial charge in [-0.05, 0) is 46.9 Å². The lowest BCUT2D eigenvalue weighted by atomic mass is 10.4. The molecule has 0 spiro atoms. The molecule has 20 heavy (non-hydrogen) atoms. The monoisotopic (exact) mass is 404 g/mol. The molecule has 0 saturated carbocycles.